The van der Waals surface area contributed by atoms with Crippen molar-refractivity contribution in [2.45, 2.75) is 13.8 Å². The highest BCUT2D eigenvalue weighted by Crippen LogP contribution is 2.38. The molecule has 0 saturated carbocycles. The van der Waals surface area contributed by atoms with Gasteiger partial charge in [-0.2, -0.15) is 0 Å². The number of nitrogens with zero attached hydrogens (tertiary/aromatic N) is 2. The molecule has 0 aliphatic carbocycles. The molecule has 2 aromatic rings. The summed E-state index contributed by atoms with van der Waals surface area (Å²) in [6.45, 7) is 7.50. The predicted molar refractivity (Wildman–Crippen MR) is 112 cm³/mol. The van der Waals surface area contributed by atoms with E-state index < -0.39 is 0 Å². The van der Waals surface area contributed by atoms with Crippen molar-refractivity contribution in [3.8, 4) is 17.2 Å². The highest BCUT2D eigenvalue weighted by molar-refractivity contribution is 6.06. The van der Waals surface area contributed by atoms with Crippen molar-refractivity contribution < 1.29 is 19.0 Å². The van der Waals surface area contributed by atoms with E-state index in [2.05, 4.69) is 18.7 Å². The number of likely N-dealkylation sites (N-methyl/N-ethyl adjacent to an activating group) is 1. The Morgan fingerprint density at radius 1 is 0.857 bits per heavy atom. The second-order valence-corrected chi connectivity index (χ2v) is 6.23. The van der Waals surface area contributed by atoms with E-state index in [-0.39, 0.29) is 5.91 Å². The van der Waals surface area contributed by atoms with E-state index in [9.17, 15) is 4.79 Å². The van der Waals surface area contributed by atoms with E-state index in [4.69, 9.17) is 14.2 Å². The molecular formula is C22H30N2O4. The van der Waals surface area contributed by atoms with Gasteiger partial charge in [0.15, 0.2) is 11.5 Å². The molecule has 0 aliphatic heterocycles. The Morgan fingerprint density at radius 2 is 1.43 bits per heavy atom. The van der Waals surface area contributed by atoms with Gasteiger partial charge in [-0.25, -0.2) is 0 Å². The fourth-order valence-electron chi connectivity index (χ4n) is 3.10. The molecule has 6 heteroatoms. The van der Waals surface area contributed by atoms with Crippen molar-refractivity contribution in [1.29, 1.82) is 0 Å². The first-order chi connectivity index (χ1) is 13.6. The van der Waals surface area contributed by atoms with Crippen LogP contribution >= 0.6 is 0 Å². The van der Waals surface area contributed by atoms with E-state index >= 15 is 0 Å². The van der Waals surface area contributed by atoms with Gasteiger partial charge in [0.1, 0.15) is 0 Å². The lowest BCUT2D eigenvalue weighted by atomic mass is 10.1. The fraction of sp³-hybridized carbons (Fsp3) is 0.409. The normalized spacial score (nSPS) is 10.6. The second-order valence-electron chi connectivity index (χ2n) is 6.23. The van der Waals surface area contributed by atoms with Gasteiger partial charge in [0, 0.05) is 24.3 Å². The van der Waals surface area contributed by atoms with Gasteiger partial charge in [-0.3, -0.25) is 4.79 Å². The van der Waals surface area contributed by atoms with Crippen molar-refractivity contribution in [2.75, 3.05) is 52.4 Å². The van der Waals surface area contributed by atoms with Crippen LogP contribution in [0, 0.1) is 0 Å². The maximum atomic E-state index is 13.4. The summed E-state index contributed by atoms with van der Waals surface area (Å²) in [5.74, 6) is 1.28. The van der Waals surface area contributed by atoms with Crippen LogP contribution in [0.25, 0.3) is 0 Å². The van der Waals surface area contributed by atoms with Gasteiger partial charge in [-0.05, 0) is 37.4 Å². The third kappa shape index (κ3) is 4.95. The monoisotopic (exact) mass is 386 g/mol. The second kappa shape index (κ2) is 10.6. The Morgan fingerprint density at radius 3 is 1.89 bits per heavy atom. The predicted octanol–water partition coefficient (Wildman–Crippen LogP) is 3.70. The number of carbonyl (C=O) groups excluding carboxylic acids is 1. The third-order valence-electron chi connectivity index (χ3n) is 4.76. The summed E-state index contributed by atoms with van der Waals surface area (Å²) in [7, 11) is 4.63. The average Bonchev–Trinajstić information content (AvgIpc) is 2.75. The van der Waals surface area contributed by atoms with E-state index in [1.165, 1.54) is 0 Å². The summed E-state index contributed by atoms with van der Waals surface area (Å²) in [6.07, 6.45) is 0. The first-order valence-corrected chi connectivity index (χ1v) is 9.48. The van der Waals surface area contributed by atoms with Gasteiger partial charge in [-0.15, -0.1) is 0 Å². The van der Waals surface area contributed by atoms with E-state index in [1.807, 2.05) is 30.3 Å². The van der Waals surface area contributed by atoms with E-state index in [0.29, 0.717) is 29.4 Å². The van der Waals surface area contributed by atoms with Crippen LogP contribution in [0.3, 0.4) is 0 Å². The van der Waals surface area contributed by atoms with Crippen LogP contribution in [-0.2, 0) is 0 Å². The van der Waals surface area contributed by atoms with Crippen LogP contribution in [-0.4, -0.2) is 58.3 Å². The minimum atomic E-state index is -0.113. The minimum Gasteiger partial charge on any atom is -0.493 e. The number of carbonyl (C=O) groups is 1. The van der Waals surface area contributed by atoms with Gasteiger partial charge in [0.2, 0.25) is 5.75 Å². The molecule has 6 nitrogen and oxygen atoms in total. The molecule has 152 valence electrons. The lowest BCUT2D eigenvalue weighted by molar-refractivity contribution is 0.0983. The standard InChI is InChI=1S/C22H30N2O4/c1-6-23(7-2)13-14-24(18-11-9-8-10-12-18)22(25)17-15-19(26-3)21(28-5)20(16-17)27-4/h8-12,15-16H,6-7,13-14H2,1-5H3. The number of hydrogen-bond donors (Lipinski definition) is 0. The Balaban J connectivity index is 2.41. The highest BCUT2D eigenvalue weighted by atomic mass is 16.5. The molecule has 0 aliphatic rings. The van der Waals surface area contributed by atoms with Crippen LogP contribution in [0.1, 0.15) is 24.2 Å². The first-order valence-electron chi connectivity index (χ1n) is 9.48. The number of para-hydroxylation sites is 1. The summed E-state index contributed by atoms with van der Waals surface area (Å²) >= 11 is 0. The van der Waals surface area contributed by atoms with Crippen LogP contribution in [0.4, 0.5) is 5.69 Å². The quantitative estimate of drug-likeness (QED) is 0.623. The molecule has 0 spiro atoms. The van der Waals surface area contributed by atoms with Gasteiger partial charge in [0.05, 0.1) is 21.3 Å². The van der Waals surface area contributed by atoms with Crippen molar-refractivity contribution in [3.05, 3.63) is 48.0 Å². The molecule has 0 atom stereocenters. The summed E-state index contributed by atoms with van der Waals surface area (Å²) in [5.41, 5.74) is 1.34. The van der Waals surface area contributed by atoms with Crippen molar-refractivity contribution in [2.24, 2.45) is 0 Å². The molecule has 0 N–H and O–H groups in total. The van der Waals surface area contributed by atoms with Crippen molar-refractivity contribution in [1.82, 2.24) is 4.90 Å². The SMILES string of the molecule is CCN(CC)CCN(C(=O)c1cc(OC)c(OC)c(OC)c1)c1ccccc1. The Hall–Kier alpha value is -2.73. The number of ether oxygens (including phenoxy) is 3. The number of hydrogen-bond acceptors (Lipinski definition) is 5. The van der Waals surface area contributed by atoms with E-state index in [1.54, 1.807) is 38.4 Å². The molecule has 0 unspecified atom stereocenters. The van der Waals surface area contributed by atoms with Crippen LogP contribution in [0.2, 0.25) is 0 Å². The minimum absolute atomic E-state index is 0.113. The summed E-state index contributed by atoms with van der Waals surface area (Å²) < 4.78 is 16.2. The maximum Gasteiger partial charge on any atom is 0.258 e. The van der Waals surface area contributed by atoms with Crippen molar-refractivity contribution in [3.63, 3.8) is 0 Å². The molecule has 0 bridgehead atoms. The number of amides is 1. The molecular weight excluding hydrogens is 356 g/mol. The topological polar surface area (TPSA) is 51.2 Å². The van der Waals surface area contributed by atoms with Crippen LogP contribution in [0.15, 0.2) is 42.5 Å². The maximum absolute atomic E-state index is 13.4. The van der Waals surface area contributed by atoms with Crippen LogP contribution < -0.4 is 19.1 Å². The largest absolute Gasteiger partial charge is 0.493 e. The van der Waals surface area contributed by atoms with Gasteiger partial charge < -0.3 is 24.0 Å². The summed E-state index contributed by atoms with van der Waals surface area (Å²) in [4.78, 5) is 17.5. The molecule has 0 fully saturated rings. The molecule has 2 aromatic carbocycles. The molecule has 1 amide bonds. The Kier molecular flexibility index (Phi) is 8.14. The van der Waals surface area contributed by atoms with Crippen LogP contribution in [0.5, 0.6) is 17.2 Å². The number of rotatable bonds is 10. The molecule has 28 heavy (non-hydrogen) atoms. The highest BCUT2D eigenvalue weighted by Gasteiger charge is 2.22. The number of benzene rings is 2. The van der Waals surface area contributed by atoms with Gasteiger partial charge in [0.25, 0.3) is 5.91 Å². The smallest absolute Gasteiger partial charge is 0.258 e. The van der Waals surface area contributed by atoms with E-state index in [0.717, 1.165) is 25.3 Å². The zero-order valence-electron chi connectivity index (χ0n) is 17.4. The zero-order chi connectivity index (χ0) is 20.5. The number of anilines is 1. The van der Waals surface area contributed by atoms with Crippen molar-refractivity contribution >= 4 is 11.6 Å². The number of methoxy groups -OCH3 is 3. The molecule has 0 radical (unpaired) electrons. The fourth-order valence-corrected chi connectivity index (χ4v) is 3.10. The lowest BCUT2D eigenvalue weighted by Crippen LogP contribution is -2.38. The first kappa shape index (κ1) is 21.6. The van der Waals surface area contributed by atoms with Gasteiger partial charge >= 0.3 is 0 Å². The Labute approximate surface area is 167 Å². The summed E-state index contributed by atoms with van der Waals surface area (Å²) in [5, 5.41) is 0. The molecule has 2 rings (SSSR count). The average molecular weight is 386 g/mol. The summed E-state index contributed by atoms with van der Waals surface area (Å²) in [6, 6.07) is 13.1. The lowest BCUT2D eigenvalue weighted by Gasteiger charge is -2.27. The molecule has 0 saturated heterocycles. The molecule has 0 heterocycles. The molecule has 0 aromatic heterocycles. The zero-order valence-corrected chi connectivity index (χ0v) is 17.4. The third-order valence-corrected chi connectivity index (χ3v) is 4.76. The van der Waals surface area contributed by atoms with Gasteiger partial charge in [-0.1, -0.05) is 32.0 Å². The Bertz CT molecular complexity index is 735.